The lowest BCUT2D eigenvalue weighted by Gasteiger charge is -2.33. The van der Waals surface area contributed by atoms with Gasteiger partial charge in [-0.25, -0.2) is 0 Å². The lowest BCUT2D eigenvalue weighted by molar-refractivity contribution is -0.144. The molecule has 0 spiro atoms. The molecule has 4 saturated heterocycles. The zero-order valence-corrected chi connectivity index (χ0v) is 49.7. The summed E-state index contributed by atoms with van der Waals surface area (Å²) >= 11 is 0. The number of benzene rings is 2. The molecule has 12 N–H and O–H groups in total. The van der Waals surface area contributed by atoms with E-state index in [-0.39, 0.29) is 101 Å². The third kappa shape index (κ3) is 18.3. The van der Waals surface area contributed by atoms with E-state index >= 15 is 0 Å². The first-order valence-corrected chi connectivity index (χ1v) is 30.2. The highest BCUT2D eigenvalue weighted by Crippen LogP contribution is 2.36. The Labute approximate surface area is 503 Å². The summed E-state index contributed by atoms with van der Waals surface area (Å²) in [4.78, 5) is 138. The van der Waals surface area contributed by atoms with Crippen molar-refractivity contribution in [1.29, 1.82) is 0 Å². The summed E-state index contributed by atoms with van der Waals surface area (Å²) in [5, 5.41) is 48.7. The molecule has 0 radical (unpaired) electrons. The number of rotatable bonds is 28. The van der Waals surface area contributed by atoms with Gasteiger partial charge in [-0.15, -0.1) is 0 Å². The van der Waals surface area contributed by atoms with Gasteiger partial charge in [0.25, 0.3) is 0 Å². The lowest BCUT2D eigenvalue weighted by atomic mass is 9.93. The maximum atomic E-state index is 14.1. The van der Waals surface area contributed by atoms with Crippen LogP contribution >= 0.6 is 0 Å². The Morgan fingerprint density at radius 3 is 1.22 bits per heavy atom. The summed E-state index contributed by atoms with van der Waals surface area (Å²) in [6, 6.07) is 9.56. The van der Waals surface area contributed by atoms with E-state index in [2.05, 4.69) is 76.8 Å². The fourth-order valence-electron chi connectivity index (χ4n) is 11.8. The Morgan fingerprint density at radius 2 is 0.872 bits per heavy atom. The summed E-state index contributed by atoms with van der Waals surface area (Å²) < 4.78 is 0. The summed E-state index contributed by atoms with van der Waals surface area (Å²) in [6.45, 7) is 3.33. The van der Waals surface area contributed by atoms with E-state index in [1.54, 1.807) is 74.8 Å². The highest BCUT2D eigenvalue weighted by atomic mass is 16.3. The smallest absolute Gasteiger partial charge is 0.247 e. The summed E-state index contributed by atoms with van der Waals surface area (Å²) in [5.74, 6) is 5.56. The van der Waals surface area contributed by atoms with Gasteiger partial charge in [0, 0.05) is 89.0 Å². The number of aliphatic hydroxyl groups excluding tert-OH is 2. The van der Waals surface area contributed by atoms with Crippen molar-refractivity contribution in [1.82, 2.24) is 63.0 Å². The van der Waals surface area contributed by atoms with Crippen LogP contribution in [-0.4, -0.2) is 181 Å². The molecule has 0 saturated carbocycles. The van der Waals surface area contributed by atoms with Crippen LogP contribution < -0.4 is 53.2 Å². The molecule has 4 aliphatic rings. The van der Waals surface area contributed by atoms with Gasteiger partial charge in [-0.05, 0) is 101 Å². The molecule has 4 fully saturated rings. The van der Waals surface area contributed by atoms with Crippen molar-refractivity contribution < 1.29 is 58.2 Å². The Balaban J connectivity index is 0.891. The third-order valence-electron chi connectivity index (χ3n) is 16.6. The third-order valence-corrected chi connectivity index (χ3v) is 16.6. The Hall–Kier alpha value is -7.90. The van der Waals surface area contributed by atoms with Crippen molar-refractivity contribution in [2.24, 2.45) is 11.8 Å². The number of likely N-dealkylation sites (N-methyl/N-ethyl adjacent to an activating group) is 2. The van der Waals surface area contributed by atoms with E-state index in [1.807, 2.05) is 13.8 Å². The maximum Gasteiger partial charge on any atom is 0.247 e. The van der Waals surface area contributed by atoms with Crippen LogP contribution in [0, 0.1) is 35.5 Å². The monoisotopic (exact) mass is 1190 g/mol. The number of carbonyl (C=O) groups excluding carboxylic acids is 10. The average Bonchev–Trinajstić information content (AvgIpc) is 1.93. The second kappa shape index (κ2) is 34.3. The van der Waals surface area contributed by atoms with Gasteiger partial charge in [-0.3, -0.25) is 47.9 Å². The van der Waals surface area contributed by atoms with Crippen LogP contribution in [-0.2, 0) is 47.9 Å². The molecule has 6 rings (SSSR count). The van der Waals surface area contributed by atoms with Crippen LogP contribution in [0.1, 0.15) is 127 Å². The number of amides is 10. The van der Waals surface area contributed by atoms with E-state index < -0.39 is 95.6 Å². The van der Waals surface area contributed by atoms with Gasteiger partial charge >= 0.3 is 0 Å². The van der Waals surface area contributed by atoms with Gasteiger partial charge in [-0.1, -0.05) is 86.4 Å². The van der Waals surface area contributed by atoms with Crippen molar-refractivity contribution in [3.8, 4) is 23.7 Å². The van der Waals surface area contributed by atoms with E-state index in [4.69, 9.17) is 0 Å². The number of aliphatic hydroxyl groups is 2. The van der Waals surface area contributed by atoms with Crippen molar-refractivity contribution >= 4 is 59.1 Å². The molecule has 12 unspecified atom stereocenters. The van der Waals surface area contributed by atoms with Crippen LogP contribution in [0.15, 0.2) is 60.7 Å². The van der Waals surface area contributed by atoms with Gasteiger partial charge in [-0.2, -0.15) is 0 Å². The van der Waals surface area contributed by atoms with Crippen LogP contribution in [0.2, 0.25) is 0 Å². The van der Waals surface area contributed by atoms with Crippen molar-refractivity contribution in [2.45, 2.75) is 164 Å². The normalized spacial score (nSPS) is 22.8. The molecule has 4 aliphatic heterocycles. The van der Waals surface area contributed by atoms with E-state index in [0.717, 1.165) is 0 Å². The Morgan fingerprint density at radius 1 is 0.512 bits per heavy atom. The maximum absolute atomic E-state index is 14.1. The van der Waals surface area contributed by atoms with E-state index in [0.29, 0.717) is 75.3 Å². The number of nitrogens with one attached hydrogen (secondary N) is 10. The molecule has 2 aromatic rings. The quantitative estimate of drug-likeness (QED) is 0.0368. The van der Waals surface area contributed by atoms with E-state index in [1.165, 1.54) is 9.80 Å². The Kier molecular flexibility index (Phi) is 26.8. The average molecular weight is 1190 g/mol. The number of fused-ring (bicyclic) bond motifs is 2. The predicted octanol–water partition coefficient (Wildman–Crippen LogP) is -0.777. The second-order valence-corrected chi connectivity index (χ2v) is 22.1. The molecular formula is C62H86N12O12. The second-order valence-electron chi connectivity index (χ2n) is 22.1. The highest BCUT2D eigenvalue weighted by Gasteiger charge is 2.50. The first kappa shape index (κ1) is 67.2. The molecule has 2 aromatic carbocycles. The van der Waals surface area contributed by atoms with Gasteiger partial charge in [0.05, 0.1) is 12.1 Å². The van der Waals surface area contributed by atoms with Gasteiger partial charge in [0.1, 0.15) is 36.3 Å². The fourth-order valence-corrected chi connectivity index (χ4v) is 11.8. The summed E-state index contributed by atoms with van der Waals surface area (Å²) in [7, 11) is 3.30. The van der Waals surface area contributed by atoms with Crippen LogP contribution in [0.5, 0.6) is 0 Å². The molecule has 12 atom stereocenters. The number of hydrogen-bond acceptors (Lipinski definition) is 14. The van der Waals surface area contributed by atoms with Crippen LogP contribution in [0.25, 0.3) is 0 Å². The predicted molar refractivity (Wildman–Crippen MR) is 318 cm³/mol. The molecule has 0 aromatic heterocycles. The van der Waals surface area contributed by atoms with Crippen molar-refractivity contribution in [3.05, 3.63) is 71.8 Å². The van der Waals surface area contributed by atoms with E-state index in [9.17, 15) is 58.2 Å². The molecule has 4 heterocycles. The zero-order chi connectivity index (χ0) is 62.1. The van der Waals surface area contributed by atoms with Crippen LogP contribution in [0.3, 0.4) is 0 Å². The summed E-state index contributed by atoms with van der Waals surface area (Å²) in [6.07, 6.45) is 5.34. The molecule has 86 heavy (non-hydrogen) atoms. The molecule has 0 aliphatic carbocycles. The lowest BCUT2D eigenvalue weighted by Crippen LogP contribution is -2.59. The Bertz CT molecular complexity index is 2610. The van der Waals surface area contributed by atoms with Crippen molar-refractivity contribution in [2.75, 3.05) is 53.5 Å². The highest BCUT2D eigenvalue weighted by molar-refractivity contribution is 5.97. The first-order valence-electron chi connectivity index (χ1n) is 30.2. The molecule has 24 nitrogen and oxygen atoms in total. The first-order chi connectivity index (χ1) is 41.6. The zero-order valence-electron chi connectivity index (χ0n) is 49.7. The minimum absolute atomic E-state index is 0.0469. The number of nitrogens with zero attached hydrogens (tertiary/aromatic N) is 2. The SMILES string of the molecule is CCC(NC)C(=O)NC1C(=O)N2C(CCC1CO)CCC2C(=O)NC(C(=O)NCCNC(=O)CCC#CC#CCCC(=O)NCCNC(=O)C(NC(=O)C1CCC2CCC(CO)C(NC(=O)C(CC)NC)C(=O)N21)c1ccccc1)c1ccccc1. The largest absolute Gasteiger partial charge is 0.396 e. The van der Waals surface area contributed by atoms with Gasteiger partial charge < -0.3 is 73.2 Å². The van der Waals surface area contributed by atoms with Gasteiger partial charge in [0.2, 0.25) is 59.1 Å². The number of hydrogen-bond donors (Lipinski definition) is 12. The topological polar surface area (TPSA) is 338 Å². The molecule has 10 amide bonds. The van der Waals surface area contributed by atoms with Crippen LogP contribution in [0.4, 0.5) is 0 Å². The molecule has 0 bridgehead atoms. The molecule has 24 heteroatoms. The number of carbonyl (C=O) groups is 10. The summed E-state index contributed by atoms with van der Waals surface area (Å²) in [5.41, 5.74) is 1.01. The molecular weight excluding hydrogens is 1100 g/mol. The van der Waals surface area contributed by atoms with Gasteiger partial charge in [0.15, 0.2) is 0 Å². The van der Waals surface area contributed by atoms with Crippen molar-refractivity contribution in [3.63, 3.8) is 0 Å². The molecule has 466 valence electrons. The minimum atomic E-state index is -1.12. The standard InChI is InChI=1S/C62H86N12O12/c1-5-45(63-3)55(79)71-53-41(37-75)25-27-43-29-31-47(73(43)61(53)85)57(81)69-51(39-19-13-11-14-20-39)59(83)67-35-33-65-49(77)23-17-9-7-8-10-18-24-50(78)66-34-36-68-60(84)52(40-21-15-12-16-22-40)70-58(82)48-32-30-44-28-26-42(38-76)54(62(86)74(44)48)72-56(80)46(6-2)64-4/h11-16,19-22,41-48,51-54,63-64,75-76H,5-6,17-18,23-38H2,1-4H3,(H,65,77)(H,66,78)(H,67,83)(H,68,84)(H,69,81)(H,70,82)(H,71,79)(H,72,80). The fraction of sp³-hybridized carbons (Fsp3) is 0.581. The minimum Gasteiger partial charge on any atom is -0.396 e.